The average Bonchev–Trinajstić information content (AvgIpc) is 2.60. The van der Waals surface area contributed by atoms with E-state index in [1.807, 2.05) is 0 Å². The van der Waals surface area contributed by atoms with E-state index in [-0.39, 0.29) is 12.5 Å². The van der Waals surface area contributed by atoms with Crippen molar-refractivity contribution >= 4 is 11.9 Å². The van der Waals surface area contributed by atoms with E-state index in [0.29, 0.717) is 44.1 Å². The number of carboxylic acids is 1. The molecule has 1 aliphatic rings. The molecule has 1 heterocycles. The number of ether oxygens (including phenoxy) is 2. The molecule has 0 radical (unpaired) electrons. The first-order valence-corrected chi connectivity index (χ1v) is 8.75. The molecule has 2 rings (SSSR count). The number of carbonyl (C=O) groups is 2. The van der Waals surface area contributed by atoms with E-state index in [2.05, 4.69) is 19.2 Å². The Kier molecular flexibility index (Phi) is 6.82. The number of hydrogen-bond acceptors (Lipinski definition) is 4. The van der Waals surface area contributed by atoms with Crippen LogP contribution in [0.4, 0.5) is 0 Å². The van der Waals surface area contributed by atoms with E-state index in [1.54, 1.807) is 24.3 Å². The zero-order chi connectivity index (χ0) is 18.3. The lowest BCUT2D eigenvalue weighted by Crippen LogP contribution is -2.46. The summed E-state index contributed by atoms with van der Waals surface area (Å²) < 4.78 is 10.9. The van der Waals surface area contributed by atoms with Crippen LogP contribution in [0.25, 0.3) is 0 Å². The molecule has 0 spiro atoms. The number of benzene rings is 1. The summed E-state index contributed by atoms with van der Waals surface area (Å²) in [4.78, 5) is 23.9. The monoisotopic (exact) mass is 349 g/mol. The molecule has 2 N–H and O–H groups in total. The van der Waals surface area contributed by atoms with Crippen molar-refractivity contribution in [1.82, 2.24) is 5.32 Å². The maximum atomic E-state index is 12.3. The second-order valence-electron chi connectivity index (χ2n) is 6.94. The van der Waals surface area contributed by atoms with Crippen LogP contribution in [-0.4, -0.2) is 43.3 Å². The Bertz CT molecular complexity index is 576. The van der Waals surface area contributed by atoms with Gasteiger partial charge in [0.15, 0.2) is 0 Å². The predicted octanol–water partition coefficient (Wildman–Crippen LogP) is 2.72. The first-order valence-electron chi connectivity index (χ1n) is 8.75. The Labute approximate surface area is 148 Å². The molecule has 1 aliphatic heterocycles. The Morgan fingerprint density at radius 2 is 1.88 bits per heavy atom. The molecule has 0 bridgehead atoms. The molecule has 1 saturated heterocycles. The number of rotatable bonds is 8. The van der Waals surface area contributed by atoms with Gasteiger partial charge in [-0.05, 0) is 49.4 Å². The number of hydrogen-bond donors (Lipinski definition) is 2. The molecule has 138 valence electrons. The Morgan fingerprint density at radius 3 is 2.44 bits per heavy atom. The summed E-state index contributed by atoms with van der Waals surface area (Å²) in [6.07, 6.45) is 1.79. The van der Waals surface area contributed by atoms with Gasteiger partial charge >= 0.3 is 5.97 Å². The molecule has 25 heavy (non-hydrogen) atoms. The van der Waals surface area contributed by atoms with Crippen molar-refractivity contribution in [2.75, 3.05) is 26.4 Å². The number of carboxylic acid groups (broad SMARTS) is 1. The fourth-order valence-electron chi connectivity index (χ4n) is 2.69. The van der Waals surface area contributed by atoms with Gasteiger partial charge in [-0.15, -0.1) is 0 Å². The van der Waals surface area contributed by atoms with Crippen LogP contribution in [-0.2, 0) is 9.53 Å². The highest BCUT2D eigenvalue weighted by Crippen LogP contribution is 2.30. The summed E-state index contributed by atoms with van der Waals surface area (Å²) in [5.41, 5.74) is -0.447. The van der Waals surface area contributed by atoms with E-state index in [4.69, 9.17) is 9.47 Å². The van der Waals surface area contributed by atoms with Crippen LogP contribution in [0, 0.1) is 11.3 Å². The standard InChI is InChI=1S/C19H27NO5/c1-14(2)7-10-25-16-5-3-15(4-6-16)17(21)20-13-19(18(22)23)8-11-24-12-9-19/h3-6,14H,7-13H2,1-2H3,(H,20,21)(H,22,23). The third-order valence-electron chi connectivity index (χ3n) is 4.57. The second kappa shape index (κ2) is 8.85. The van der Waals surface area contributed by atoms with Gasteiger partial charge in [0, 0.05) is 25.3 Å². The fourth-order valence-corrected chi connectivity index (χ4v) is 2.69. The van der Waals surface area contributed by atoms with Gasteiger partial charge in [-0.25, -0.2) is 0 Å². The number of amides is 1. The largest absolute Gasteiger partial charge is 0.494 e. The van der Waals surface area contributed by atoms with Crippen molar-refractivity contribution in [3.05, 3.63) is 29.8 Å². The highest BCUT2D eigenvalue weighted by atomic mass is 16.5. The van der Waals surface area contributed by atoms with Gasteiger partial charge in [0.1, 0.15) is 5.75 Å². The highest BCUT2D eigenvalue weighted by molar-refractivity contribution is 5.94. The zero-order valence-electron chi connectivity index (χ0n) is 14.9. The Hall–Kier alpha value is -2.08. The van der Waals surface area contributed by atoms with Gasteiger partial charge in [-0.2, -0.15) is 0 Å². The Morgan fingerprint density at radius 1 is 1.24 bits per heavy atom. The van der Waals surface area contributed by atoms with Crippen molar-refractivity contribution in [3.63, 3.8) is 0 Å². The highest BCUT2D eigenvalue weighted by Gasteiger charge is 2.40. The topological polar surface area (TPSA) is 84.9 Å². The molecule has 1 fully saturated rings. The van der Waals surface area contributed by atoms with E-state index < -0.39 is 11.4 Å². The molecular weight excluding hydrogens is 322 g/mol. The van der Waals surface area contributed by atoms with Crippen molar-refractivity contribution in [1.29, 1.82) is 0 Å². The maximum absolute atomic E-state index is 12.3. The van der Waals surface area contributed by atoms with Gasteiger partial charge < -0.3 is 19.9 Å². The number of aliphatic carboxylic acids is 1. The normalized spacial score (nSPS) is 16.4. The lowest BCUT2D eigenvalue weighted by molar-refractivity contribution is -0.154. The van der Waals surface area contributed by atoms with Gasteiger partial charge in [0.25, 0.3) is 5.91 Å². The van der Waals surface area contributed by atoms with Crippen molar-refractivity contribution < 1.29 is 24.2 Å². The van der Waals surface area contributed by atoms with Crippen LogP contribution in [0.1, 0.15) is 43.5 Å². The number of nitrogens with one attached hydrogen (secondary N) is 1. The summed E-state index contributed by atoms with van der Waals surface area (Å²) in [6, 6.07) is 6.90. The summed E-state index contributed by atoms with van der Waals surface area (Å²) >= 11 is 0. The average molecular weight is 349 g/mol. The summed E-state index contributed by atoms with van der Waals surface area (Å²) in [5, 5.41) is 12.3. The predicted molar refractivity (Wildman–Crippen MR) is 93.8 cm³/mol. The van der Waals surface area contributed by atoms with Crippen LogP contribution in [0.3, 0.4) is 0 Å². The van der Waals surface area contributed by atoms with E-state index in [0.717, 1.165) is 12.2 Å². The first-order chi connectivity index (χ1) is 11.9. The van der Waals surface area contributed by atoms with Crippen LogP contribution >= 0.6 is 0 Å². The lowest BCUT2D eigenvalue weighted by Gasteiger charge is -2.33. The van der Waals surface area contributed by atoms with Gasteiger partial charge in [0.05, 0.1) is 12.0 Å². The van der Waals surface area contributed by atoms with E-state index >= 15 is 0 Å². The molecule has 0 unspecified atom stereocenters. The minimum atomic E-state index is -0.937. The van der Waals surface area contributed by atoms with Gasteiger partial charge in [0.2, 0.25) is 0 Å². The van der Waals surface area contributed by atoms with Crippen molar-refractivity contribution in [2.24, 2.45) is 11.3 Å². The lowest BCUT2D eigenvalue weighted by atomic mass is 9.80. The first kappa shape index (κ1) is 19.2. The second-order valence-corrected chi connectivity index (χ2v) is 6.94. The van der Waals surface area contributed by atoms with Crippen LogP contribution in [0.5, 0.6) is 5.75 Å². The quantitative estimate of drug-likeness (QED) is 0.754. The van der Waals surface area contributed by atoms with E-state index in [1.165, 1.54) is 0 Å². The minimum absolute atomic E-state index is 0.108. The summed E-state index contributed by atoms with van der Waals surface area (Å²) in [7, 11) is 0. The molecule has 1 amide bonds. The third-order valence-corrected chi connectivity index (χ3v) is 4.57. The maximum Gasteiger partial charge on any atom is 0.311 e. The minimum Gasteiger partial charge on any atom is -0.494 e. The Balaban J connectivity index is 1.88. The molecule has 0 atom stereocenters. The number of carbonyl (C=O) groups excluding carboxylic acids is 1. The summed E-state index contributed by atoms with van der Waals surface area (Å²) in [5.74, 6) is 0.145. The molecule has 1 aromatic carbocycles. The van der Waals surface area contributed by atoms with Gasteiger partial charge in [-0.3, -0.25) is 9.59 Å². The third kappa shape index (κ3) is 5.46. The molecule has 0 aromatic heterocycles. The summed E-state index contributed by atoms with van der Waals surface area (Å²) in [6.45, 7) is 5.84. The van der Waals surface area contributed by atoms with Crippen LogP contribution in [0.15, 0.2) is 24.3 Å². The van der Waals surface area contributed by atoms with Crippen molar-refractivity contribution in [3.8, 4) is 5.75 Å². The molecule has 6 nitrogen and oxygen atoms in total. The smallest absolute Gasteiger partial charge is 0.311 e. The SMILES string of the molecule is CC(C)CCOc1ccc(C(=O)NCC2(C(=O)O)CCOCC2)cc1. The van der Waals surface area contributed by atoms with Crippen molar-refractivity contribution in [2.45, 2.75) is 33.1 Å². The zero-order valence-corrected chi connectivity index (χ0v) is 14.9. The molecular formula is C19H27NO5. The molecule has 0 aliphatic carbocycles. The van der Waals surface area contributed by atoms with E-state index in [9.17, 15) is 14.7 Å². The van der Waals surface area contributed by atoms with Gasteiger partial charge in [-0.1, -0.05) is 13.8 Å². The molecule has 1 aromatic rings. The van der Waals surface area contributed by atoms with Crippen LogP contribution < -0.4 is 10.1 Å². The molecule has 0 saturated carbocycles. The fraction of sp³-hybridized carbons (Fsp3) is 0.579. The van der Waals surface area contributed by atoms with Crippen LogP contribution in [0.2, 0.25) is 0 Å². The molecule has 6 heteroatoms.